The number of amides is 1. The Morgan fingerprint density at radius 3 is 2.38 bits per heavy atom. The summed E-state index contributed by atoms with van der Waals surface area (Å²) < 4.78 is 23.2. The van der Waals surface area contributed by atoms with E-state index in [0.717, 1.165) is 12.3 Å². The summed E-state index contributed by atoms with van der Waals surface area (Å²) in [4.78, 5) is 23.9. The summed E-state index contributed by atoms with van der Waals surface area (Å²) >= 11 is 5.78. The quantitative estimate of drug-likeness (QED) is 0.592. The van der Waals surface area contributed by atoms with Crippen LogP contribution in [0.25, 0.3) is 0 Å². The van der Waals surface area contributed by atoms with E-state index in [2.05, 4.69) is 5.32 Å². The van der Waals surface area contributed by atoms with Crippen molar-refractivity contribution >= 4 is 44.4 Å². The second-order valence-electron chi connectivity index (χ2n) is 5.59. The number of rotatable bonds is 6. The maximum Gasteiger partial charge on any atom is 0.293 e. The third-order valence-corrected chi connectivity index (χ3v) is 4.85. The van der Waals surface area contributed by atoms with Gasteiger partial charge in [-0.1, -0.05) is 11.6 Å². The summed E-state index contributed by atoms with van der Waals surface area (Å²) in [7, 11) is -2.08. The van der Waals surface area contributed by atoms with Gasteiger partial charge in [-0.2, -0.15) is 0 Å². The molecule has 138 valence electrons. The van der Waals surface area contributed by atoms with Gasteiger partial charge in [0, 0.05) is 30.1 Å². The molecule has 0 heterocycles. The number of nitro benzene ring substituents is 1. The van der Waals surface area contributed by atoms with Gasteiger partial charge in [0.2, 0.25) is 5.91 Å². The number of benzene rings is 2. The number of hydrogen-bond acceptors (Lipinski definition) is 6. The molecule has 0 atom stereocenters. The summed E-state index contributed by atoms with van der Waals surface area (Å²) in [5.74, 6) is -0.392. The third-order valence-electron chi connectivity index (χ3n) is 3.49. The highest BCUT2D eigenvalue weighted by atomic mass is 35.5. The average molecular weight is 398 g/mol. The fraction of sp³-hybridized carbons (Fsp3) is 0.188. The Morgan fingerprint density at radius 2 is 1.85 bits per heavy atom. The predicted molar refractivity (Wildman–Crippen MR) is 99.6 cm³/mol. The maximum absolute atomic E-state index is 12.1. The summed E-state index contributed by atoms with van der Waals surface area (Å²) in [5, 5.41) is 14.5. The summed E-state index contributed by atoms with van der Waals surface area (Å²) in [6, 6.07) is 10.1. The molecule has 0 bridgehead atoms. The number of sulfone groups is 1. The van der Waals surface area contributed by atoms with Crippen LogP contribution in [0.3, 0.4) is 0 Å². The number of anilines is 2. The number of halogens is 1. The first-order valence-corrected chi connectivity index (χ1v) is 9.60. The van der Waals surface area contributed by atoms with Crippen LogP contribution in [0.4, 0.5) is 17.1 Å². The van der Waals surface area contributed by atoms with Crippen molar-refractivity contribution in [3.63, 3.8) is 0 Å². The molecule has 0 radical (unpaired) electrons. The summed E-state index contributed by atoms with van der Waals surface area (Å²) in [5.41, 5.74) is 0.276. The first-order valence-electron chi connectivity index (χ1n) is 7.33. The molecule has 0 aliphatic heterocycles. The van der Waals surface area contributed by atoms with Gasteiger partial charge >= 0.3 is 0 Å². The number of carbonyl (C=O) groups is 1. The van der Waals surface area contributed by atoms with Gasteiger partial charge in [-0.25, -0.2) is 8.42 Å². The van der Waals surface area contributed by atoms with E-state index in [1.54, 1.807) is 24.3 Å². The van der Waals surface area contributed by atoms with Crippen LogP contribution in [0.1, 0.15) is 0 Å². The van der Waals surface area contributed by atoms with Crippen molar-refractivity contribution in [3.8, 4) is 0 Å². The van der Waals surface area contributed by atoms with Crippen LogP contribution in [0, 0.1) is 10.1 Å². The van der Waals surface area contributed by atoms with Crippen molar-refractivity contribution in [2.45, 2.75) is 4.90 Å². The van der Waals surface area contributed by atoms with E-state index in [0.29, 0.717) is 10.7 Å². The molecule has 0 unspecified atom stereocenters. The normalized spacial score (nSPS) is 11.0. The van der Waals surface area contributed by atoms with Crippen molar-refractivity contribution in [2.75, 3.05) is 30.1 Å². The van der Waals surface area contributed by atoms with Gasteiger partial charge in [0.25, 0.3) is 5.69 Å². The van der Waals surface area contributed by atoms with E-state index in [4.69, 9.17) is 11.6 Å². The summed E-state index contributed by atoms with van der Waals surface area (Å²) in [6.45, 7) is -0.165. The molecular weight excluding hydrogens is 382 g/mol. The van der Waals surface area contributed by atoms with Crippen LogP contribution < -0.4 is 10.2 Å². The van der Waals surface area contributed by atoms with Gasteiger partial charge in [-0.05, 0) is 36.4 Å². The average Bonchev–Trinajstić information content (AvgIpc) is 2.55. The highest BCUT2D eigenvalue weighted by molar-refractivity contribution is 7.90. The number of likely N-dealkylation sites (N-methyl/N-ethyl adjacent to an activating group) is 1. The number of nitrogens with zero attached hydrogens (tertiary/aromatic N) is 2. The lowest BCUT2D eigenvalue weighted by Gasteiger charge is -2.19. The molecule has 0 aliphatic rings. The molecular formula is C16H16ClN3O5S. The van der Waals surface area contributed by atoms with Crippen LogP contribution in [-0.4, -0.2) is 39.1 Å². The zero-order valence-corrected chi connectivity index (χ0v) is 15.5. The zero-order chi connectivity index (χ0) is 19.5. The Balaban J connectivity index is 2.20. The van der Waals surface area contributed by atoms with Crippen LogP contribution in [0.2, 0.25) is 5.02 Å². The van der Waals surface area contributed by atoms with Gasteiger partial charge in [0.1, 0.15) is 5.69 Å². The fourth-order valence-corrected chi connectivity index (χ4v) is 3.00. The Kier molecular flexibility index (Phi) is 5.83. The number of nitro groups is 1. The van der Waals surface area contributed by atoms with Crippen LogP contribution >= 0.6 is 11.6 Å². The highest BCUT2D eigenvalue weighted by Gasteiger charge is 2.22. The third kappa shape index (κ3) is 4.93. The number of nitrogens with one attached hydrogen (secondary N) is 1. The minimum Gasteiger partial charge on any atom is -0.360 e. The van der Waals surface area contributed by atoms with Gasteiger partial charge in [-0.15, -0.1) is 0 Å². The molecule has 2 aromatic rings. The van der Waals surface area contributed by atoms with E-state index in [9.17, 15) is 23.3 Å². The molecule has 2 aromatic carbocycles. The first-order chi connectivity index (χ1) is 12.1. The second-order valence-corrected chi connectivity index (χ2v) is 8.04. The minimum absolute atomic E-state index is 0.133. The molecule has 1 N–H and O–H groups in total. The molecule has 2 rings (SSSR count). The monoisotopic (exact) mass is 397 g/mol. The van der Waals surface area contributed by atoms with E-state index < -0.39 is 26.4 Å². The van der Waals surface area contributed by atoms with Gasteiger partial charge < -0.3 is 10.2 Å². The van der Waals surface area contributed by atoms with E-state index in [1.165, 1.54) is 24.1 Å². The Labute approximate surface area is 155 Å². The SMILES string of the molecule is CN(CC(=O)Nc1ccc(Cl)cc1)c1ccc(S(C)(=O)=O)cc1[N+](=O)[O-]. The fourth-order valence-electron chi connectivity index (χ4n) is 2.24. The van der Waals surface area contributed by atoms with Crippen molar-refractivity contribution in [1.29, 1.82) is 0 Å². The molecule has 0 aromatic heterocycles. The molecule has 0 saturated heterocycles. The van der Waals surface area contributed by atoms with Gasteiger partial charge in [0.05, 0.1) is 16.4 Å². The van der Waals surface area contributed by atoms with E-state index in [-0.39, 0.29) is 17.1 Å². The van der Waals surface area contributed by atoms with Gasteiger partial charge in [0.15, 0.2) is 9.84 Å². The van der Waals surface area contributed by atoms with Crippen LogP contribution in [0.15, 0.2) is 47.4 Å². The van der Waals surface area contributed by atoms with E-state index in [1.807, 2.05) is 0 Å². The first kappa shape index (κ1) is 19.7. The van der Waals surface area contributed by atoms with Crippen molar-refractivity contribution in [1.82, 2.24) is 0 Å². The van der Waals surface area contributed by atoms with Crippen molar-refractivity contribution in [3.05, 3.63) is 57.6 Å². The zero-order valence-electron chi connectivity index (χ0n) is 14.0. The van der Waals surface area contributed by atoms with Crippen molar-refractivity contribution < 1.29 is 18.1 Å². The topological polar surface area (TPSA) is 110 Å². The Morgan fingerprint density at radius 1 is 1.23 bits per heavy atom. The molecule has 10 heteroatoms. The largest absolute Gasteiger partial charge is 0.360 e. The van der Waals surface area contributed by atoms with Crippen molar-refractivity contribution in [2.24, 2.45) is 0 Å². The Bertz CT molecular complexity index is 945. The minimum atomic E-state index is -3.58. The van der Waals surface area contributed by atoms with Crippen LogP contribution in [-0.2, 0) is 14.6 Å². The molecule has 0 spiro atoms. The molecule has 26 heavy (non-hydrogen) atoms. The molecule has 0 aliphatic carbocycles. The molecule has 8 nitrogen and oxygen atoms in total. The van der Waals surface area contributed by atoms with Crippen LogP contribution in [0.5, 0.6) is 0 Å². The smallest absolute Gasteiger partial charge is 0.293 e. The standard InChI is InChI=1S/C16H16ClN3O5S/c1-19(10-16(21)18-12-5-3-11(17)4-6-12)14-8-7-13(26(2,24)25)9-15(14)20(22)23/h3-9H,10H2,1-2H3,(H,18,21). The second kappa shape index (κ2) is 7.71. The summed E-state index contributed by atoms with van der Waals surface area (Å²) in [6.07, 6.45) is 0.967. The molecule has 0 fully saturated rings. The number of hydrogen-bond donors (Lipinski definition) is 1. The predicted octanol–water partition coefficient (Wildman–Crippen LogP) is 2.73. The maximum atomic E-state index is 12.1. The van der Waals surface area contributed by atoms with Gasteiger partial charge in [-0.3, -0.25) is 14.9 Å². The highest BCUT2D eigenvalue weighted by Crippen LogP contribution is 2.30. The molecule has 0 saturated carbocycles. The lowest BCUT2D eigenvalue weighted by molar-refractivity contribution is -0.384. The lowest BCUT2D eigenvalue weighted by atomic mass is 10.2. The Hall–Kier alpha value is -2.65. The lowest BCUT2D eigenvalue weighted by Crippen LogP contribution is -2.30. The molecule has 1 amide bonds. The van der Waals surface area contributed by atoms with E-state index >= 15 is 0 Å². The number of carbonyl (C=O) groups excluding carboxylic acids is 1.